The second-order valence-corrected chi connectivity index (χ2v) is 5.86. The summed E-state index contributed by atoms with van der Waals surface area (Å²) in [5, 5.41) is 0. The van der Waals surface area contributed by atoms with Crippen molar-refractivity contribution in [1.29, 1.82) is 0 Å². The average Bonchev–Trinajstić information content (AvgIpc) is 2.95. The van der Waals surface area contributed by atoms with Crippen molar-refractivity contribution in [2.45, 2.75) is 45.1 Å². The molecule has 0 radical (unpaired) electrons. The van der Waals surface area contributed by atoms with Crippen LogP contribution in [0.25, 0.3) is 0 Å². The van der Waals surface area contributed by atoms with E-state index in [1.54, 1.807) is 0 Å². The van der Waals surface area contributed by atoms with Gasteiger partial charge in [-0.1, -0.05) is 49.4 Å². The fraction of sp³-hybridized carbons (Fsp3) is 0.368. The Morgan fingerprint density at radius 3 is 2.40 bits per heavy atom. The van der Waals surface area contributed by atoms with Crippen LogP contribution >= 0.6 is 0 Å². The Kier molecular flexibility index (Phi) is 3.88. The molecule has 1 aliphatic carbocycles. The molecule has 3 rings (SSSR count). The van der Waals surface area contributed by atoms with Gasteiger partial charge in [0.1, 0.15) is 0 Å². The number of fused-ring (bicyclic) bond motifs is 1. The quantitative estimate of drug-likeness (QED) is 0.889. The summed E-state index contributed by atoms with van der Waals surface area (Å²) in [6.07, 6.45) is 5.81. The molecule has 0 fully saturated rings. The minimum atomic E-state index is 0.0976. The zero-order valence-electron chi connectivity index (χ0n) is 12.2. The van der Waals surface area contributed by atoms with Crippen LogP contribution in [-0.2, 0) is 25.7 Å². The Morgan fingerprint density at radius 2 is 1.65 bits per heavy atom. The summed E-state index contributed by atoms with van der Waals surface area (Å²) in [7, 11) is 0. The number of hydrogen-bond donors (Lipinski definition) is 1. The van der Waals surface area contributed by atoms with E-state index in [4.69, 9.17) is 5.73 Å². The van der Waals surface area contributed by atoms with Gasteiger partial charge in [0.25, 0.3) is 0 Å². The smallest absolute Gasteiger partial charge is 0.0335 e. The Balaban J connectivity index is 1.73. The number of benzene rings is 2. The largest absolute Gasteiger partial charge is 0.324 e. The average molecular weight is 265 g/mol. The molecule has 0 amide bonds. The lowest BCUT2D eigenvalue weighted by molar-refractivity contribution is 0.720. The first-order valence-corrected chi connectivity index (χ1v) is 7.71. The van der Waals surface area contributed by atoms with E-state index >= 15 is 0 Å². The van der Waals surface area contributed by atoms with Gasteiger partial charge in [0.2, 0.25) is 0 Å². The molecule has 20 heavy (non-hydrogen) atoms. The minimum Gasteiger partial charge on any atom is -0.324 e. The molecule has 1 atom stereocenters. The summed E-state index contributed by atoms with van der Waals surface area (Å²) in [6, 6.07) is 15.8. The molecule has 2 aromatic carbocycles. The molecule has 0 saturated carbocycles. The van der Waals surface area contributed by atoms with Gasteiger partial charge in [-0.25, -0.2) is 0 Å². The third-order valence-corrected chi connectivity index (χ3v) is 4.43. The van der Waals surface area contributed by atoms with Crippen LogP contribution in [0.2, 0.25) is 0 Å². The topological polar surface area (TPSA) is 26.0 Å². The first-order valence-electron chi connectivity index (χ1n) is 7.71. The third-order valence-electron chi connectivity index (χ3n) is 4.43. The van der Waals surface area contributed by atoms with Crippen LogP contribution in [0.1, 0.15) is 47.2 Å². The highest BCUT2D eigenvalue weighted by molar-refractivity contribution is 5.36. The number of hydrogen-bond acceptors (Lipinski definition) is 1. The van der Waals surface area contributed by atoms with Crippen molar-refractivity contribution < 1.29 is 0 Å². The summed E-state index contributed by atoms with van der Waals surface area (Å²) in [5.41, 5.74) is 13.4. The molecule has 1 aliphatic rings. The fourth-order valence-electron chi connectivity index (χ4n) is 3.12. The lowest BCUT2D eigenvalue weighted by Crippen LogP contribution is -2.13. The molecule has 1 nitrogen and oxygen atoms in total. The Morgan fingerprint density at radius 1 is 0.950 bits per heavy atom. The molecular formula is C19H23N. The van der Waals surface area contributed by atoms with E-state index in [0.717, 1.165) is 12.8 Å². The predicted octanol–water partition coefficient (Wildman–Crippen LogP) is 3.98. The molecule has 104 valence electrons. The first kappa shape index (κ1) is 13.4. The van der Waals surface area contributed by atoms with Crippen LogP contribution in [0, 0.1) is 0 Å². The molecule has 0 spiro atoms. The molecule has 0 aromatic heterocycles. The number of nitrogens with two attached hydrogens (primary N) is 1. The van der Waals surface area contributed by atoms with E-state index in [0.29, 0.717) is 0 Å². The van der Waals surface area contributed by atoms with E-state index in [-0.39, 0.29) is 6.04 Å². The van der Waals surface area contributed by atoms with E-state index in [1.165, 1.54) is 47.1 Å². The van der Waals surface area contributed by atoms with Gasteiger partial charge >= 0.3 is 0 Å². The van der Waals surface area contributed by atoms with Crippen LogP contribution in [0.15, 0.2) is 42.5 Å². The zero-order valence-corrected chi connectivity index (χ0v) is 12.2. The second kappa shape index (κ2) is 5.80. The summed E-state index contributed by atoms with van der Waals surface area (Å²) < 4.78 is 0. The van der Waals surface area contributed by atoms with E-state index in [2.05, 4.69) is 49.4 Å². The first-order chi connectivity index (χ1) is 9.76. The van der Waals surface area contributed by atoms with Gasteiger partial charge in [0, 0.05) is 6.04 Å². The highest BCUT2D eigenvalue weighted by atomic mass is 14.6. The fourth-order valence-corrected chi connectivity index (χ4v) is 3.12. The van der Waals surface area contributed by atoms with E-state index < -0.39 is 0 Å². The summed E-state index contributed by atoms with van der Waals surface area (Å²) in [5.74, 6) is 0. The highest BCUT2D eigenvalue weighted by Crippen LogP contribution is 2.25. The lowest BCUT2D eigenvalue weighted by Gasteiger charge is -2.13. The lowest BCUT2D eigenvalue weighted by atomic mass is 9.96. The summed E-state index contributed by atoms with van der Waals surface area (Å²) >= 11 is 0. The Labute approximate surface area is 121 Å². The molecule has 2 aromatic rings. The van der Waals surface area contributed by atoms with Crippen molar-refractivity contribution in [2.24, 2.45) is 5.73 Å². The van der Waals surface area contributed by atoms with Gasteiger partial charge in [-0.2, -0.15) is 0 Å². The maximum Gasteiger partial charge on any atom is 0.0335 e. The molecule has 1 unspecified atom stereocenters. The van der Waals surface area contributed by atoms with Gasteiger partial charge in [-0.05, 0) is 59.9 Å². The van der Waals surface area contributed by atoms with Gasteiger partial charge in [0.05, 0.1) is 0 Å². The Bertz CT molecular complexity index is 583. The van der Waals surface area contributed by atoms with Gasteiger partial charge in [0.15, 0.2) is 0 Å². The molecule has 0 aliphatic heterocycles. The molecule has 0 bridgehead atoms. The SMILES string of the molecule is CCc1ccc(C(N)Cc2ccc3c(c2)CCC3)cc1. The van der Waals surface area contributed by atoms with Crippen LogP contribution < -0.4 is 5.73 Å². The van der Waals surface area contributed by atoms with Gasteiger partial charge in [-0.15, -0.1) is 0 Å². The van der Waals surface area contributed by atoms with Crippen molar-refractivity contribution in [3.8, 4) is 0 Å². The molecule has 0 saturated heterocycles. The standard InChI is InChI=1S/C19H23N/c1-2-14-6-10-17(11-7-14)19(20)13-15-8-9-16-4-3-5-18(16)12-15/h6-12,19H,2-5,13,20H2,1H3. The molecule has 1 heteroatoms. The van der Waals surface area contributed by atoms with Crippen LogP contribution in [0.3, 0.4) is 0 Å². The maximum atomic E-state index is 6.36. The highest BCUT2D eigenvalue weighted by Gasteiger charge is 2.13. The van der Waals surface area contributed by atoms with Crippen molar-refractivity contribution in [2.75, 3.05) is 0 Å². The molecular weight excluding hydrogens is 242 g/mol. The van der Waals surface area contributed by atoms with Crippen LogP contribution in [0.5, 0.6) is 0 Å². The van der Waals surface area contributed by atoms with E-state index in [1.807, 2.05) is 0 Å². The minimum absolute atomic E-state index is 0.0976. The molecule has 0 heterocycles. The van der Waals surface area contributed by atoms with Gasteiger partial charge < -0.3 is 5.73 Å². The van der Waals surface area contributed by atoms with Crippen LogP contribution in [-0.4, -0.2) is 0 Å². The molecule has 2 N–H and O–H groups in total. The second-order valence-electron chi connectivity index (χ2n) is 5.86. The summed E-state index contributed by atoms with van der Waals surface area (Å²) in [4.78, 5) is 0. The van der Waals surface area contributed by atoms with Gasteiger partial charge in [-0.3, -0.25) is 0 Å². The monoisotopic (exact) mass is 265 g/mol. The van der Waals surface area contributed by atoms with Crippen molar-refractivity contribution >= 4 is 0 Å². The normalized spacial score (nSPS) is 15.1. The number of aryl methyl sites for hydroxylation is 3. The summed E-state index contributed by atoms with van der Waals surface area (Å²) in [6.45, 7) is 2.18. The third kappa shape index (κ3) is 2.78. The maximum absolute atomic E-state index is 6.36. The van der Waals surface area contributed by atoms with Crippen molar-refractivity contribution in [3.63, 3.8) is 0 Å². The van der Waals surface area contributed by atoms with Crippen LogP contribution in [0.4, 0.5) is 0 Å². The Hall–Kier alpha value is -1.60. The van der Waals surface area contributed by atoms with Crippen molar-refractivity contribution in [3.05, 3.63) is 70.3 Å². The predicted molar refractivity (Wildman–Crippen MR) is 84.9 cm³/mol. The van der Waals surface area contributed by atoms with E-state index in [9.17, 15) is 0 Å². The zero-order chi connectivity index (χ0) is 13.9. The number of rotatable bonds is 4. The van der Waals surface area contributed by atoms with Crippen molar-refractivity contribution in [1.82, 2.24) is 0 Å².